The molecule has 5 nitrogen and oxygen atoms in total. The maximum atomic E-state index is 13.0. The summed E-state index contributed by atoms with van der Waals surface area (Å²) in [7, 11) is 0. The van der Waals surface area contributed by atoms with Crippen molar-refractivity contribution < 1.29 is 14.4 Å². The van der Waals surface area contributed by atoms with Crippen LogP contribution in [-0.4, -0.2) is 34.7 Å². The predicted octanol–water partition coefficient (Wildman–Crippen LogP) is 1.92. The highest BCUT2D eigenvalue weighted by Crippen LogP contribution is 2.34. The van der Waals surface area contributed by atoms with E-state index >= 15 is 0 Å². The number of rotatable bonds is 3. The third-order valence-corrected chi connectivity index (χ3v) is 5.13. The van der Waals surface area contributed by atoms with Crippen LogP contribution in [0.4, 0.5) is 0 Å². The smallest absolute Gasteiger partial charge is 0.256 e. The largest absolute Gasteiger partial charge is 0.323 e. The van der Waals surface area contributed by atoms with Gasteiger partial charge in [-0.05, 0) is 35.7 Å². The highest BCUT2D eigenvalue weighted by atomic mass is 32.1. The first kappa shape index (κ1) is 13.5. The van der Waals surface area contributed by atoms with E-state index in [1.807, 2.05) is 23.6 Å². The van der Waals surface area contributed by atoms with Gasteiger partial charge in [0.1, 0.15) is 6.04 Å². The first-order valence-corrected chi connectivity index (χ1v) is 8.15. The van der Waals surface area contributed by atoms with E-state index in [0.29, 0.717) is 5.56 Å². The number of amides is 3. The van der Waals surface area contributed by atoms with E-state index in [-0.39, 0.29) is 30.2 Å². The average Bonchev–Trinajstić information content (AvgIpc) is 3.10. The molecule has 1 aliphatic carbocycles. The highest BCUT2D eigenvalue weighted by Gasteiger charge is 2.45. The van der Waals surface area contributed by atoms with Crippen LogP contribution in [0, 0.1) is 0 Å². The van der Waals surface area contributed by atoms with Crippen LogP contribution in [0.5, 0.6) is 0 Å². The fourth-order valence-electron chi connectivity index (χ4n) is 2.98. The Morgan fingerprint density at radius 1 is 1.23 bits per heavy atom. The van der Waals surface area contributed by atoms with E-state index in [2.05, 4.69) is 5.32 Å². The minimum atomic E-state index is -0.664. The molecule has 4 rings (SSSR count). The average molecular weight is 314 g/mol. The van der Waals surface area contributed by atoms with Crippen molar-refractivity contribution in [2.24, 2.45) is 0 Å². The maximum Gasteiger partial charge on any atom is 0.256 e. The molecule has 1 aliphatic heterocycles. The third kappa shape index (κ3) is 2.11. The number of benzene rings is 1. The van der Waals surface area contributed by atoms with Gasteiger partial charge in [-0.15, -0.1) is 11.3 Å². The Kier molecular flexibility index (Phi) is 3.00. The second kappa shape index (κ2) is 4.91. The van der Waals surface area contributed by atoms with Gasteiger partial charge in [0.15, 0.2) is 0 Å². The zero-order chi connectivity index (χ0) is 15.3. The van der Waals surface area contributed by atoms with Crippen molar-refractivity contribution >= 4 is 39.1 Å². The van der Waals surface area contributed by atoms with E-state index in [0.717, 1.165) is 22.9 Å². The number of carbonyl (C=O) groups is 3. The number of thiophene rings is 1. The molecule has 1 aromatic heterocycles. The number of fused-ring (bicyclic) bond motifs is 1. The molecule has 0 spiro atoms. The van der Waals surface area contributed by atoms with Crippen molar-refractivity contribution in [3.05, 3.63) is 35.2 Å². The van der Waals surface area contributed by atoms with Crippen molar-refractivity contribution in [1.82, 2.24) is 10.2 Å². The van der Waals surface area contributed by atoms with Gasteiger partial charge in [0, 0.05) is 10.7 Å². The fourth-order valence-corrected chi connectivity index (χ4v) is 3.89. The lowest BCUT2D eigenvalue weighted by atomic mass is 10.1. The van der Waals surface area contributed by atoms with Crippen LogP contribution < -0.4 is 5.32 Å². The summed E-state index contributed by atoms with van der Waals surface area (Å²) in [5, 5.41) is 5.28. The van der Waals surface area contributed by atoms with Gasteiger partial charge in [-0.3, -0.25) is 19.7 Å². The van der Waals surface area contributed by atoms with Gasteiger partial charge in [-0.1, -0.05) is 12.1 Å². The molecule has 1 N–H and O–H groups in total. The van der Waals surface area contributed by atoms with Crippen molar-refractivity contribution in [2.75, 3.05) is 0 Å². The quantitative estimate of drug-likeness (QED) is 0.880. The van der Waals surface area contributed by atoms with Crippen LogP contribution in [-0.2, 0) is 9.59 Å². The van der Waals surface area contributed by atoms with Crippen LogP contribution in [0.25, 0.3) is 10.1 Å². The zero-order valence-electron chi connectivity index (χ0n) is 11.7. The minimum absolute atomic E-state index is 0.0709. The molecule has 2 aliphatic rings. The standard InChI is InChI=1S/C16H14N2O3S/c19-13-8-12(15(20)17-13)18(10-4-5-10)16(21)11-3-1-2-9-6-7-22-14(9)11/h1-3,6-7,10,12H,4-5,8H2,(H,17,19,20)/t12-/m0/s1. The summed E-state index contributed by atoms with van der Waals surface area (Å²) in [6, 6.07) is 7.00. The summed E-state index contributed by atoms with van der Waals surface area (Å²) in [6.45, 7) is 0. The van der Waals surface area contributed by atoms with Crippen LogP contribution >= 0.6 is 11.3 Å². The monoisotopic (exact) mass is 314 g/mol. The second-order valence-electron chi connectivity index (χ2n) is 5.72. The van der Waals surface area contributed by atoms with Gasteiger partial charge >= 0.3 is 0 Å². The van der Waals surface area contributed by atoms with E-state index in [9.17, 15) is 14.4 Å². The number of hydrogen-bond donors (Lipinski definition) is 1. The van der Waals surface area contributed by atoms with Gasteiger partial charge in [-0.2, -0.15) is 0 Å². The molecule has 1 aromatic carbocycles. The lowest BCUT2D eigenvalue weighted by molar-refractivity contribution is -0.126. The number of nitrogens with zero attached hydrogens (tertiary/aromatic N) is 1. The Morgan fingerprint density at radius 3 is 2.73 bits per heavy atom. The van der Waals surface area contributed by atoms with Crippen LogP contribution in [0.15, 0.2) is 29.6 Å². The molecule has 1 saturated carbocycles. The fraction of sp³-hybridized carbons (Fsp3) is 0.312. The normalized spacial score (nSPS) is 21.2. The van der Waals surface area contributed by atoms with Gasteiger partial charge < -0.3 is 4.90 Å². The summed E-state index contributed by atoms with van der Waals surface area (Å²) in [4.78, 5) is 38.1. The molecule has 6 heteroatoms. The SMILES string of the molecule is O=C1C[C@H](N(C(=O)c2cccc3ccsc23)C2CC2)C(=O)N1. The van der Waals surface area contributed by atoms with Gasteiger partial charge in [-0.25, -0.2) is 0 Å². The molecular formula is C16H14N2O3S. The molecule has 0 unspecified atom stereocenters. The number of hydrogen-bond acceptors (Lipinski definition) is 4. The van der Waals surface area contributed by atoms with E-state index in [4.69, 9.17) is 0 Å². The molecule has 1 saturated heterocycles. The number of nitrogens with one attached hydrogen (secondary N) is 1. The summed E-state index contributed by atoms with van der Waals surface area (Å²) < 4.78 is 0.933. The van der Waals surface area contributed by atoms with E-state index < -0.39 is 6.04 Å². The molecule has 2 fully saturated rings. The molecule has 2 aromatic rings. The molecule has 112 valence electrons. The Labute approximate surface area is 130 Å². The van der Waals surface area contributed by atoms with Gasteiger partial charge in [0.2, 0.25) is 11.8 Å². The van der Waals surface area contributed by atoms with Gasteiger partial charge in [0.05, 0.1) is 12.0 Å². The summed E-state index contributed by atoms with van der Waals surface area (Å²) in [5.41, 5.74) is 0.617. The predicted molar refractivity (Wildman–Crippen MR) is 82.6 cm³/mol. The van der Waals surface area contributed by atoms with Crippen molar-refractivity contribution in [2.45, 2.75) is 31.3 Å². The second-order valence-corrected chi connectivity index (χ2v) is 6.64. The van der Waals surface area contributed by atoms with Crippen molar-refractivity contribution in [3.63, 3.8) is 0 Å². The molecule has 0 radical (unpaired) electrons. The van der Waals surface area contributed by atoms with Crippen LogP contribution in [0.2, 0.25) is 0 Å². The Hall–Kier alpha value is -2.21. The topological polar surface area (TPSA) is 66.5 Å². The van der Waals surface area contributed by atoms with Crippen LogP contribution in [0.1, 0.15) is 29.6 Å². The van der Waals surface area contributed by atoms with E-state index in [1.54, 1.807) is 11.0 Å². The summed E-state index contributed by atoms with van der Waals surface area (Å²) in [5.74, 6) is -0.809. The molecule has 2 heterocycles. The molecule has 1 atom stereocenters. The van der Waals surface area contributed by atoms with E-state index in [1.165, 1.54) is 11.3 Å². The molecule has 22 heavy (non-hydrogen) atoms. The summed E-state index contributed by atoms with van der Waals surface area (Å²) in [6.07, 6.45) is 1.86. The zero-order valence-corrected chi connectivity index (χ0v) is 12.6. The Balaban J connectivity index is 1.74. The number of carbonyl (C=O) groups excluding carboxylic acids is 3. The van der Waals surface area contributed by atoms with Crippen molar-refractivity contribution in [3.8, 4) is 0 Å². The lowest BCUT2D eigenvalue weighted by Gasteiger charge is -2.27. The first-order valence-electron chi connectivity index (χ1n) is 7.28. The lowest BCUT2D eigenvalue weighted by Crippen LogP contribution is -2.45. The third-order valence-electron chi connectivity index (χ3n) is 4.16. The molecule has 0 bridgehead atoms. The van der Waals surface area contributed by atoms with Gasteiger partial charge in [0.25, 0.3) is 5.91 Å². The maximum absolute atomic E-state index is 13.0. The Bertz CT molecular complexity index is 794. The Morgan fingerprint density at radius 2 is 2.05 bits per heavy atom. The number of imide groups is 1. The highest BCUT2D eigenvalue weighted by molar-refractivity contribution is 7.17. The summed E-state index contributed by atoms with van der Waals surface area (Å²) >= 11 is 1.52. The minimum Gasteiger partial charge on any atom is -0.323 e. The molecule has 3 amide bonds. The van der Waals surface area contributed by atoms with Crippen molar-refractivity contribution in [1.29, 1.82) is 0 Å². The first-order chi connectivity index (χ1) is 10.6. The molecular weight excluding hydrogens is 300 g/mol. The van der Waals surface area contributed by atoms with Crippen LogP contribution in [0.3, 0.4) is 0 Å².